The van der Waals surface area contributed by atoms with Crippen molar-refractivity contribution in [3.05, 3.63) is 46.2 Å². The first-order valence-corrected chi connectivity index (χ1v) is 5.75. The molecule has 90 valence electrons. The summed E-state index contributed by atoms with van der Waals surface area (Å²) in [6, 6.07) is 9.68. The van der Waals surface area contributed by atoms with Gasteiger partial charge in [-0.25, -0.2) is 0 Å². The number of nitrogens with one attached hydrogen (secondary N) is 2. The van der Waals surface area contributed by atoms with Crippen LogP contribution in [0.4, 0.5) is 0 Å². The lowest BCUT2D eigenvalue weighted by atomic mass is 10.1. The van der Waals surface area contributed by atoms with Gasteiger partial charge >= 0.3 is 0 Å². The Labute approximate surface area is 99.8 Å². The second-order valence-corrected chi connectivity index (χ2v) is 4.22. The molecule has 0 aliphatic heterocycles. The first-order chi connectivity index (χ1) is 8.20. The van der Waals surface area contributed by atoms with Crippen LogP contribution in [0.15, 0.2) is 35.1 Å². The molecule has 17 heavy (non-hydrogen) atoms. The highest BCUT2D eigenvalue weighted by Gasteiger charge is 2.04. The van der Waals surface area contributed by atoms with E-state index in [1.54, 1.807) is 6.07 Å². The van der Waals surface area contributed by atoms with Crippen LogP contribution in [0.2, 0.25) is 0 Å². The molecule has 1 aromatic carbocycles. The molecule has 0 fully saturated rings. The Morgan fingerprint density at radius 1 is 1.41 bits per heavy atom. The molecule has 4 N–H and O–H groups in total. The molecule has 0 spiro atoms. The van der Waals surface area contributed by atoms with Crippen molar-refractivity contribution in [1.82, 2.24) is 10.3 Å². The van der Waals surface area contributed by atoms with E-state index < -0.39 is 0 Å². The average Bonchev–Trinajstić information content (AvgIpc) is 2.35. The zero-order valence-corrected chi connectivity index (χ0v) is 9.86. The van der Waals surface area contributed by atoms with Crippen LogP contribution in [-0.4, -0.2) is 17.6 Å². The van der Waals surface area contributed by atoms with Crippen molar-refractivity contribution < 1.29 is 0 Å². The molecule has 0 aliphatic carbocycles. The summed E-state index contributed by atoms with van der Waals surface area (Å²) >= 11 is 0. The summed E-state index contributed by atoms with van der Waals surface area (Å²) in [5.41, 5.74) is 7.36. The molecule has 0 bridgehead atoms. The van der Waals surface area contributed by atoms with Crippen molar-refractivity contribution in [2.24, 2.45) is 5.73 Å². The van der Waals surface area contributed by atoms with Crippen molar-refractivity contribution in [1.29, 1.82) is 0 Å². The van der Waals surface area contributed by atoms with Gasteiger partial charge in [0.2, 0.25) is 5.56 Å². The number of benzene rings is 1. The number of pyridine rings is 1. The van der Waals surface area contributed by atoms with Gasteiger partial charge in [0, 0.05) is 36.1 Å². The number of H-pyrrole nitrogens is 1. The molecule has 0 amide bonds. The molecule has 4 nitrogen and oxygen atoms in total. The predicted octanol–water partition coefficient (Wildman–Crippen LogP) is 0.965. The molecule has 0 saturated carbocycles. The summed E-state index contributed by atoms with van der Waals surface area (Å²) in [4.78, 5) is 14.3. The molecule has 0 radical (unpaired) electrons. The van der Waals surface area contributed by atoms with Crippen LogP contribution in [0.25, 0.3) is 10.9 Å². The maximum Gasteiger partial charge on any atom is 0.248 e. The van der Waals surface area contributed by atoms with Crippen molar-refractivity contribution >= 4 is 10.9 Å². The molecular formula is C13H17N3O. The number of hydrogen-bond donors (Lipinski definition) is 3. The summed E-state index contributed by atoms with van der Waals surface area (Å²) in [6.07, 6.45) is 0. The lowest BCUT2D eigenvalue weighted by molar-refractivity contribution is 0.557. The van der Waals surface area contributed by atoms with Crippen LogP contribution in [0.3, 0.4) is 0 Å². The molecule has 1 atom stereocenters. The first-order valence-electron chi connectivity index (χ1n) is 5.75. The van der Waals surface area contributed by atoms with E-state index in [1.807, 2.05) is 31.2 Å². The topological polar surface area (TPSA) is 70.9 Å². The van der Waals surface area contributed by atoms with E-state index in [0.717, 1.165) is 16.5 Å². The van der Waals surface area contributed by atoms with Crippen LogP contribution < -0.4 is 16.6 Å². The van der Waals surface area contributed by atoms with E-state index in [4.69, 9.17) is 5.73 Å². The maximum absolute atomic E-state index is 11.5. The molecule has 0 aliphatic rings. The van der Waals surface area contributed by atoms with Crippen LogP contribution in [-0.2, 0) is 6.54 Å². The normalized spacial score (nSPS) is 12.8. The molecule has 1 unspecified atom stereocenters. The van der Waals surface area contributed by atoms with Gasteiger partial charge in [-0.15, -0.1) is 0 Å². The Bertz CT molecular complexity index is 562. The van der Waals surface area contributed by atoms with Gasteiger partial charge in [0.1, 0.15) is 0 Å². The van der Waals surface area contributed by atoms with Crippen molar-refractivity contribution in [3.8, 4) is 0 Å². The van der Waals surface area contributed by atoms with Crippen LogP contribution in [0, 0.1) is 0 Å². The Morgan fingerprint density at radius 3 is 2.94 bits per heavy atom. The van der Waals surface area contributed by atoms with Gasteiger partial charge in [-0.3, -0.25) is 4.79 Å². The first kappa shape index (κ1) is 11.8. The van der Waals surface area contributed by atoms with Crippen LogP contribution >= 0.6 is 0 Å². The summed E-state index contributed by atoms with van der Waals surface area (Å²) in [6.45, 7) is 3.26. The lowest BCUT2D eigenvalue weighted by Gasteiger charge is -2.12. The maximum atomic E-state index is 11.5. The van der Waals surface area contributed by atoms with Gasteiger partial charge in [0.25, 0.3) is 0 Å². The summed E-state index contributed by atoms with van der Waals surface area (Å²) in [5.74, 6) is 0. The minimum absolute atomic E-state index is 0.0686. The molecule has 1 heterocycles. The van der Waals surface area contributed by atoms with Gasteiger partial charge in [-0.1, -0.05) is 18.2 Å². The fourth-order valence-corrected chi connectivity index (χ4v) is 1.79. The fraction of sp³-hybridized carbons (Fsp3) is 0.308. The predicted molar refractivity (Wildman–Crippen MR) is 69.9 cm³/mol. The Kier molecular flexibility index (Phi) is 3.56. The minimum Gasteiger partial charge on any atom is -0.329 e. The van der Waals surface area contributed by atoms with E-state index >= 15 is 0 Å². The summed E-state index contributed by atoms with van der Waals surface area (Å²) in [7, 11) is 0. The van der Waals surface area contributed by atoms with Gasteiger partial charge in [0.15, 0.2) is 0 Å². The van der Waals surface area contributed by atoms with Gasteiger partial charge in [-0.05, 0) is 18.6 Å². The second-order valence-electron chi connectivity index (χ2n) is 4.22. The Hall–Kier alpha value is -1.65. The SMILES string of the molecule is CC(CN)NCc1cc(=O)[nH]c2ccccc12. The molecule has 2 rings (SSSR count). The highest BCUT2D eigenvalue weighted by atomic mass is 16.1. The molecular weight excluding hydrogens is 214 g/mol. The van der Waals surface area contributed by atoms with Crippen molar-refractivity contribution in [3.63, 3.8) is 0 Å². The van der Waals surface area contributed by atoms with Crippen LogP contribution in [0.5, 0.6) is 0 Å². The van der Waals surface area contributed by atoms with E-state index in [1.165, 1.54) is 0 Å². The fourth-order valence-electron chi connectivity index (χ4n) is 1.79. The number of nitrogens with two attached hydrogens (primary N) is 1. The largest absolute Gasteiger partial charge is 0.329 e. The van der Waals surface area contributed by atoms with Crippen LogP contribution in [0.1, 0.15) is 12.5 Å². The average molecular weight is 231 g/mol. The number of para-hydroxylation sites is 1. The number of aromatic amines is 1. The van der Waals surface area contributed by atoms with E-state index in [0.29, 0.717) is 13.1 Å². The standard InChI is InChI=1S/C13H17N3O/c1-9(7-14)15-8-10-6-13(17)16-12-5-3-2-4-11(10)12/h2-6,9,15H,7-8,14H2,1H3,(H,16,17). The van der Waals surface area contributed by atoms with E-state index in [9.17, 15) is 4.79 Å². The van der Waals surface area contributed by atoms with E-state index in [-0.39, 0.29) is 11.6 Å². The zero-order chi connectivity index (χ0) is 12.3. The molecule has 1 aromatic heterocycles. The summed E-state index contributed by atoms with van der Waals surface area (Å²) < 4.78 is 0. The van der Waals surface area contributed by atoms with Gasteiger partial charge < -0.3 is 16.0 Å². The number of fused-ring (bicyclic) bond motifs is 1. The highest BCUT2D eigenvalue weighted by Crippen LogP contribution is 2.14. The minimum atomic E-state index is -0.0686. The third kappa shape index (κ3) is 2.72. The Morgan fingerprint density at radius 2 is 2.18 bits per heavy atom. The quantitative estimate of drug-likeness (QED) is 0.734. The number of aromatic nitrogens is 1. The second kappa shape index (κ2) is 5.12. The third-order valence-electron chi connectivity index (χ3n) is 2.83. The summed E-state index contributed by atoms with van der Waals surface area (Å²) in [5, 5.41) is 4.36. The number of rotatable bonds is 4. The lowest BCUT2D eigenvalue weighted by Crippen LogP contribution is -2.32. The third-order valence-corrected chi connectivity index (χ3v) is 2.83. The molecule has 4 heteroatoms. The van der Waals surface area contributed by atoms with Gasteiger partial charge in [-0.2, -0.15) is 0 Å². The highest BCUT2D eigenvalue weighted by molar-refractivity contribution is 5.81. The monoisotopic (exact) mass is 231 g/mol. The van der Waals surface area contributed by atoms with Gasteiger partial charge in [0.05, 0.1) is 0 Å². The number of hydrogen-bond acceptors (Lipinski definition) is 3. The molecule has 0 saturated heterocycles. The van der Waals surface area contributed by atoms with E-state index in [2.05, 4.69) is 10.3 Å². The Balaban J connectivity index is 2.35. The zero-order valence-electron chi connectivity index (χ0n) is 9.86. The van der Waals surface area contributed by atoms with Crippen molar-refractivity contribution in [2.45, 2.75) is 19.5 Å². The van der Waals surface area contributed by atoms with Crippen molar-refractivity contribution in [2.75, 3.05) is 6.54 Å². The molecule has 2 aromatic rings. The smallest absolute Gasteiger partial charge is 0.248 e.